The van der Waals surface area contributed by atoms with Crippen LogP contribution in [0.5, 0.6) is 0 Å². The minimum absolute atomic E-state index is 0.0317. The number of nitrogens with one attached hydrogen (secondary N) is 1. The SMILES string of the molecule is CC(C)NC(=O)C(C)(C)CC(C)(C)CC(C)(C)OCCC(C)(C)O. The summed E-state index contributed by atoms with van der Waals surface area (Å²) in [5.41, 5.74) is -1.45. The second kappa shape index (κ2) is 8.18. The Morgan fingerprint density at radius 3 is 1.92 bits per heavy atom. The summed E-state index contributed by atoms with van der Waals surface area (Å²) >= 11 is 0. The maximum absolute atomic E-state index is 12.4. The zero-order chi connectivity index (χ0) is 19.4. The van der Waals surface area contributed by atoms with Gasteiger partial charge in [-0.3, -0.25) is 4.79 Å². The highest BCUT2D eigenvalue weighted by atomic mass is 16.5. The minimum Gasteiger partial charge on any atom is -0.390 e. The molecule has 0 aliphatic heterocycles. The Morgan fingerprint density at radius 2 is 1.50 bits per heavy atom. The van der Waals surface area contributed by atoms with E-state index in [0.717, 1.165) is 12.8 Å². The Labute approximate surface area is 149 Å². The fraction of sp³-hybridized carbons (Fsp3) is 0.950. The summed E-state index contributed by atoms with van der Waals surface area (Å²) in [7, 11) is 0. The molecule has 0 aromatic carbocycles. The summed E-state index contributed by atoms with van der Waals surface area (Å²) in [5.74, 6) is 0.103. The molecule has 4 heteroatoms. The van der Waals surface area contributed by atoms with Gasteiger partial charge in [-0.05, 0) is 66.2 Å². The van der Waals surface area contributed by atoms with Crippen LogP contribution in [0.25, 0.3) is 0 Å². The van der Waals surface area contributed by atoms with Crippen LogP contribution in [0.1, 0.15) is 88.5 Å². The molecule has 0 saturated heterocycles. The Hall–Kier alpha value is -0.610. The lowest BCUT2D eigenvalue weighted by Crippen LogP contribution is -2.44. The molecule has 0 aromatic rings. The molecule has 0 spiro atoms. The molecule has 0 radical (unpaired) electrons. The molecule has 0 aliphatic rings. The van der Waals surface area contributed by atoms with Gasteiger partial charge in [0, 0.05) is 11.5 Å². The molecule has 1 amide bonds. The van der Waals surface area contributed by atoms with Gasteiger partial charge in [0.1, 0.15) is 0 Å². The third-order valence-corrected chi connectivity index (χ3v) is 4.07. The summed E-state index contributed by atoms with van der Waals surface area (Å²) in [6.07, 6.45) is 2.25. The Balaban J connectivity index is 4.72. The van der Waals surface area contributed by atoms with Crippen molar-refractivity contribution in [2.24, 2.45) is 10.8 Å². The van der Waals surface area contributed by atoms with Gasteiger partial charge in [0.05, 0.1) is 17.8 Å². The van der Waals surface area contributed by atoms with Crippen LogP contribution >= 0.6 is 0 Å². The minimum atomic E-state index is -0.706. The lowest BCUT2D eigenvalue weighted by atomic mass is 9.70. The highest BCUT2D eigenvalue weighted by Gasteiger charge is 2.38. The van der Waals surface area contributed by atoms with Crippen LogP contribution in [0.15, 0.2) is 0 Å². The number of rotatable bonds is 10. The van der Waals surface area contributed by atoms with Crippen molar-refractivity contribution in [2.75, 3.05) is 6.61 Å². The fourth-order valence-electron chi connectivity index (χ4n) is 3.58. The molecule has 0 atom stereocenters. The third-order valence-electron chi connectivity index (χ3n) is 4.07. The Morgan fingerprint density at radius 1 is 1.00 bits per heavy atom. The van der Waals surface area contributed by atoms with E-state index in [0.29, 0.717) is 13.0 Å². The van der Waals surface area contributed by atoms with Gasteiger partial charge in [0.15, 0.2) is 0 Å². The molecule has 0 fully saturated rings. The zero-order valence-corrected chi connectivity index (χ0v) is 17.7. The first kappa shape index (κ1) is 23.4. The zero-order valence-electron chi connectivity index (χ0n) is 17.7. The first-order chi connectivity index (χ1) is 10.5. The van der Waals surface area contributed by atoms with E-state index in [2.05, 4.69) is 33.0 Å². The van der Waals surface area contributed by atoms with Crippen LogP contribution in [0.2, 0.25) is 0 Å². The molecular formula is C20H41NO3. The first-order valence-electron chi connectivity index (χ1n) is 9.13. The number of ether oxygens (including phenoxy) is 1. The van der Waals surface area contributed by atoms with Crippen molar-refractivity contribution in [3.05, 3.63) is 0 Å². The monoisotopic (exact) mass is 343 g/mol. The molecule has 0 heterocycles. The van der Waals surface area contributed by atoms with E-state index in [9.17, 15) is 9.90 Å². The van der Waals surface area contributed by atoms with Crippen molar-refractivity contribution in [2.45, 2.75) is 106 Å². The van der Waals surface area contributed by atoms with Crippen LogP contribution in [-0.2, 0) is 9.53 Å². The lowest BCUT2D eigenvalue weighted by Gasteiger charge is -2.39. The van der Waals surface area contributed by atoms with Crippen LogP contribution < -0.4 is 5.32 Å². The van der Waals surface area contributed by atoms with Crippen molar-refractivity contribution in [3.8, 4) is 0 Å². The molecule has 0 aliphatic carbocycles. The van der Waals surface area contributed by atoms with E-state index in [1.807, 2.05) is 27.7 Å². The van der Waals surface area contributed by atoms with Crippen LogP contribution in [0.4, 0.5) is 0 Å². The van der Waals surface area contributed by atoms with Gasteiger partial charge in [-0.15, -0.1) is 0 Å². The van der Waals surface area contributed by atoms with Gasteiger partial charge in [-0.25, -0.2) is 0 Å². The molecule has 0 rings (SSSR count). The number of carbonyl (C=O) groups is 1. The average molecular weight is 344 g/mol. The topological polar surface area (TPSA) is 58.6 Å². The normalized spacial score (nSPS) is 14.2. The molecule has 0 saturated carbocycles. The van der Waals surface area contributed by atoms with E-state index in [1.54, 1.807) is 13.8 Å². The lowest BCUT2D eigenvalue weighted by molar-refractivity contribution is -0.132. The van der Waals surface area contributed by atoms with E-state index in [4.69, 9.17) is 4.74 Å². The summed E-state index contributed by atoms with van der Waals surface area (Å²) < 4.78 is 6.02. The number of amides is 1. The predicted molar refractivity (Wildman–Crippen MR) is 101 cm³/mol. The van der Waals surface area contributed by atoms with Gasteiger partial charge in [-0.1, -0.05) is 27.7 Å². The van der Waals surface area contributed by atoms with Gasteiger partial charge < -0.3 is 15.2 Å². The average Bonchev–Trinajstić information content (AvgIpc) is 2.21. The standard InChI is InChI=1S/C20H41NO3/c1-15(2)21-16(22)18(5,6)13-17(3,4)14-20(9,10)24-12-11-19(7,8)23/h15,23H,11-14H2,1-10H3,(H,21,22). The smallest absolute Gasteiger partial charge is 0.225 e. The number of carbonyl (C=O) groups excluding carboxylic acids is 1. The van der Waals surface area contributed by atoms with E-state index < -0.39 is 11.0 Å². The molecule has 4 nitrogen and oxygen atoms in total. The van der Waals surface area contributed by atoms with Crippen LogP contribution in [0, 0.1) is 10.8 Å². The Kier molecular flexibility index (Phi) is 7.97. The summed E-state index contributed by atoms with van der Waals surface area (Å²) in [6.45, 7) is 20.7. The van der Waals surface area contributed by atoms with Gasteiger partial charge in [0.2, 0.25) is 5.91 Å². The van der Waals surface area contributed by atoms with E-state index in [1.165, 1.54) is 0 Å². The summed E-state index contributed by atoms with van der Waals surface area (Å²) in [5, 5.41) is 12.8. The third kappa shape index (κ3) is 10.3. The summed E-state index contributed by atoms with van der Waals surface area (Å²) in [4.78, 5) is 12.4. The first-order valence-corrected chi connectivity index (χ1v) is 9.13. The van der Waals surface area contributed by atoms with Crippen LogP contribution in [0.3, 0.4) is 0 Å². The quantitative estimate of drug-likeness (QED) is 0.622. The van der Waals surface area contributed by atoms with Gasteiger partial charge >= 0.3 is 0 Å². The van der Waals surface area contributed by atoms with Crippen LogP contribution in [-0.4, -0.2) is 34.9 Å². The molecule has 24 heavy (non-hydrogen) atoms. The molecule has 144 valence electrons. The molecule has 0 aromatic heterocycles. The van der Waals surface area contributed by atoms with Gasteiger partial charge in [0.25, 0.3) is 0 Å². The number of hydrogen-bond acceptors (Lipinski definition) is 3. The largest absolute Gasteiger partial charge is 0.390 e. The maximum atomic E-state index is 12.4. The highest BCUT2D eigenvalue weighted by Crippen LogP contribution is 2.40. The number of hydrogen-bond donors (Lipinski definition) is 2. The predicted octanol–water partition coefficient (Wildman–Crippen LogP) is 4.30. The fourth-order valence-corrected chi connectivity index (χ4v) is 3.58. The molecule has 0 bridgehead atoms. The van der Waals surface area contributed by atoms with Crippen molar-refractivity contribution in [1.82, 2.24) is 5.32 Å². The van der Waals surface area contributed by atoms with Crippen molar-refractivity contribution >= 4 is 5.91 Å². The van der Waals surface area contributed by atoms with Crippen molar-refractivity contribution in [1.29, 1.82) is 0 Å². The van der Waals surface area contributed by atoms with Gasteiger partial charge in [-0.2, -0.15) is 0 Å². The van der Waals surface area contributed by atoms with E-state index in [-0.39, 0.29) is 23.0 Å². The number of aliphatic hydroxyl groups is 1. The molecule has 2 N–H and O–H groups in total. The summed E-state index contributed by atoms with van der Waals surface area (Å²) in [6, 6.07) is 0.154. The van der Waals surface area contributed by atoms with Crippen molar-refractivity contribution in [3.63, 3.8) is 0 Å². The second-order valence-corrected chi connectivity index (χ2v) is 10.2. The highest BCUT2D eigenvalue weighted by molar-refractivity contribution is 5.82. The second-order valence-electron chi connectivity index (χ2n) is 10.2. The van der Waals surface area contributed by atoms with Crippen molar-refractivity contribution < 1.29 is 14.6 Å². The maximum Gasteiger partial charge on any atom is 0.225 e. The Bertz CT molecular complexity index is 404. The van der Waals surface area contributed by atoms with E-state index >= 15 is 0 Å². The molecular weight excluding hydrogens is 302 g/mol. The molecule has 0 unspecified atom stereocenters.